The first kappa shape index (κ1) is 17.4. The van der Waals surface area contributed by atoms with E-state index in [1.54, 1.807) is 18.6 Å². The zero-order valence-electron chi connectivity index (χ0n) is 15.7. The zero-order valence-corrected chi connectivity index (χ0v) is 15.7. The lowest BCUT2D eigenvalue weighted by Gasteiger charge is -2.38. The van der Waals surface area contributed by atoms with E-state index < -0.39 is 0 Å². The van der Waals surface area contributed by atoms with Crippen molar-refractivity contribution in [2.75, 3.05) is 25.0 Å². The number of hydrogen-bond donors (Lipinski definition) is 1. The third kappa shape index (κ3) is 4.22. The number of aromatic nitrogens is 4. The molecule has 2 aromatic heterocycles. The quantitative estimate of drug-likeness (QED) is 0.887. The van der Waals surface area contributed by atoms with Gasteiger partial charge in [0.05, 0.1) is 36.3 Å². The number of fused-ring (bicyclic) bond motifs is 1. The smallest absolute Gasteiger partial charge is 0.144 e. The van der Waals surface area contributed by atoms with Gasteiger partial charge in [0.15, 0.2) is 0 Å². The molecule has 2 aromatic rings. The second kappa shape index (κ2) is 7.32. The summed E-state index contributed by atoms with van der Waals surface area (Å²) >= 11 is 0. The average molecular weight is 356 g/mol. The molecule has 0 aliphatic carbocycles. The van der Waals surface area contributed by atoms with Crippen molar-refractivity contribution in [2.24, 2.45) is 5.92 Å². The Bertz CT molecular complexity index is 729. The molecule has 7 nitrogen and oxygen atoms in total. The van der Waals surface area contributed by atoms with Crippen molar-refractivity contribution in [3.8, 4) is 0 Å². The van der Waals surface area contributed by atoms with Gasteiger partial charge in [-0.05, 0) is 38.7 Å². The van der Waals surface area contributed by atoms with E-state index >= 15 is 0 Å². The molecule has 7 heteroatoms. The Morgan fingerprint density at radius 1 is 1.31 bits per heavy atom. The number of hydrogen-bond acceptors (Lipinski definition) is 6. The van der Waals surface area contributed by atoms with Gasteiger partial charge < -0.3 is 10.1 Å². The minimum Gasteiger partial charge on any atom is -0.376 e. The summed E-state index contributed by atoms with van der Waals surface area (Å²) in [6.07, 6.45) is 7.42. The van der Waals surface area contributed by atoms with E-state index in [4.69, 9.17) is 9.84 Å². The van der Waals surface area contributed by atoms with Crippen LogP contribution < -0.4 is 5.32 Å². The van der Waals surface area contributed by atoms with Crippen molar-refractivity contribution < 1.29 is 4.74 Å². The van der Waals surface area contributed by atoms with Crippen LogP contribution in [0.2, 0.25) is 0 Å². The summed E-state index contributed by atoms with van der Waals surface area (Å²) in [5, 5.41) is 8.01. The second-order valence-corrected chi connectivity index (χ2v) is 8.00. The lowest BCUT2D eigenvalue weighted by atomic mass is 9.88. The van der Waals surface area contributed by atoms with Crippen LogP contribution in [0, 0.1) is 5.92 Å². The first-order valence-electron chi connectivity index (χ1n) is 9.49. The molecule has 1 fully saturated rings. The van der Waals surface area contributed by atoms with E-state index in [2.05, 4.69) is 44.8 Å². The van der Waals surface area contributed by atoms with Crippen molar-refractivity contribution in [1.29, 1.82) is 0 Å². The highest BCUT2D eigenvalue weighted by Crippen LogP contribution is 2.29. The Hall–Kier alpha value is -1.99. The first-order valence-corrected chi connectivity index (χ1v) is 9.49. The SMILES string of the molecule is CC1(C)C[C@@H](CN2CCn3nc(CNc4cnccn4)cc3C2)CCO1. The molecule has 4 rings (SSSR count). The molecule has 2 aliphatic rings. The molecule has 0 radical (unpaired) electrons. The molecule has 0 amide bonds. The molecule has 0 spiro atoms. The maximum absolute atomic E-state index is 5.86. The summed E-state index contributed by atoms with van der Waals surface area (Å²) < 4.78 is 8.01. The monoisotopic (exact) mass is 356 g/mol. The van der Waals surface area contributed by atoms with Gasteiger partial charge in [-0.15, -0.1) is 0 Å². The Morgan fingerprint density at radius 2 is 2.23 bits per heavy atom. The van der Waals surface area contributed by atoms with Crippen LogP contribution in [0.25, 0.3) is 0 Å². The third-order valence-corrected chi connectivity index (χ3v) is 5.26. The van der Waals surface area contributed by atoms with Crippen molar-refractivity contribution in [3.63, 3.8) is 0 Å². The molecule has 1 N–H and O–H groups in total. The van der Waals surface area contributed by atoms with Gasteiger partial charge in [0.1, 0.15) is 5.82 Å². The average Bonchev–Trinajstić information content (AvgIpc) is 3.02. The minimum atomic E-state index is 0.0274. The highest BCUT2D eigenvalue weighted by Gasteiger charge is 2.30. The number of rotatable bonds is 5. The van der Waals surface area contributed by atoms with E-state index in [0.717, 1.165) is 56.6 Å². The topological polar surface area (TPSA) is 68.1 Å². The maximum Gasteiger partial charge on any atom is 0.144 e. The van der Waals surface area contributed by atoms with Crippen LogP contribution in [0.1, 0.15) is 38.1 Å². The lowest BCUT2D eigenvalue weighted by molar-refractivity contribution is -0.0777. The number of anilines is 1. The van der Waals surface area contributed by atoms with Gasteiger partial charge in [-0.3, -0.25) is 14.6 Å². The van der Waals surface area contributed by atoms with Crippen LogP contribution >= 0.6 is 0 Å². The highest BCUT2D eigenvalue weighted by atomic mass is 16.5. The molecule has 1 saturated heterocycles. The van der Waals surface area contributed by atoms with E-state index in [1.807, 2.05) is 0 Å². The predicted molar refractivity (Wildman–Crippen MR) is 99.6 cm³/mol. The molecule has 140 valence electrons. The van der Waals surface area contributed by atoms with Gasteiger partial charge >= 0.3 is 0 Å². The fourth-order valence-electron chi connectivity index (χ4n) is 4.07. The molecule has 1 atom stereocenters. The third-order valence-electron chi connectivity index (χ3n) is 5.26. The Labute approximate surface area is 154 Å². The first-order chi connectivity index (χ1) is 12.6. The predicted octanol–water partition coefficient (Wildman–Crippen LogP) is 2.31. The highest BCUT2D eigenvalue weighted by molar-refractivity contribution is 5.31. The molecule has 0 unspecified atom stereocenters. The summed E-state index contributed by atoms with van der Waals surface area (Å²) in [4.78, 5) is 10.9. The maximum atomic E-state index is 5.86. The summed E-state index contributed by atoms with van der Waals surface area (Å²) in [5.41, 5.74) is 2.39. The molecule has 2 aliphatic heterocycles. The van der Waals surface area contributed by atoms with E-state index in [0.29, 0.717) is 6.54 Å². The summed E-state index contributed by atoms with van der Waals surface area (Å²) in [6, 6.07) is 2.21. The number of nitrogens with zero attached hydrogens (tertiary/aromatic N) is 5. The van der Waals surface area contributed by atoms with E-state index in [-0.39, 0.29) is 5.60 Å². The van der Waals surface area contributed by atoms with Crippen LogP contribution in [-0.4, -0.2) is 49.9 Å². The molecule has 26 heavy (non-hydrogen) atoms. The van der Waals surface area contributed by atoms with E-state index in [1.165, 1.54) is 12.1 Å². The standard InChI is InChI=1S/C19H28N6O/c1-19(2)10-15(3-8-26-19)13-24-6-7-25-17(14-24)9-16(23-25)11-22-18-12-20-4-5-21-18/h4-5,9,12,15H,3,6-8,10-11,13-14H2,1-2H3,(H,21,22)/t15-/m0/s1. The Morgan fingerprint density at radius 3 is 3.04 bits per heavy atom. The van der Waals surface area contributed by atoms with Crippen molar-refractivity contribution >= 4 is 5.82 Å². The van der Waals surface area contributed by atoms with Gasteiger partial charge in [0.2, 0.25) is 0 Å². The number of nitrogens with one attached hydrogen (secondary N) is 1. The Kier molecular flexibility index (Phi) is 4.91. The van der Waals surface area contributed by atoms with Gasteiger partial charge in [0.25, 0.3) is 0 Å². The van der Waals surface area contributed by atoms with Crippen LogP contribution in [0.15, 0.2) is 24.7 Å². The molecule has 0 saturated carbocycles. The van der Waals surface area contributed by atoms with Crippen molar-refractivity contribution in [1.82, 2.24) is 24.6 Å². The minimum absolute atomic E-state index is 0.0274. The summed E-state index contributed by atoms with van der Waals surface area (Å²) in [6.45, 7) is 10.2. The largest absolute Gasteiger partial charge is 0.376 e. The van der Waals surface area contributed by atoms with Crippen molar-refractivity contribution in [2.45, 2.75) is 51.9 Å². The Balaban J connectivity index is 1.33. The summed E-state index contributed by atoms with van der Waals surface area (Å²) in [5.74, 6) is 1.51. The van der Waals surface area contributed by atoms with Crippen LogP contribution in [0.4, 0.5) is 5.82 Å². The fourth-order valence-corrected chi connectivity index (χ4v) is 4.07. The van der Waals surface area contributed by atoms with Gasteiger partial charge in [-0.1, -0.05) is 0 Å². The molecular formula is C19H28N6O. The summed E-state index contributed by atoms with van der Waals surface area (Å²) in [7, 11) is 0. The number of ether oxygens (including phenoxy) is 1. The fraction of sp³-hybridized carbons (Fsp3) is 0.632. The zero-order chi connectivity index (χ0) is 18.0. The van der Waals surface area contributed by atoms with E-state index in [9.17, 15) is 0 Å². The van der Waals surface area contributed by atoms with Crippen LogP contribution in [0.3, 0.4) is 0 Å². The normalized spacial score (nSPS) is 22.8. The van der Waals surface area contributed by atoms with Gasteiger partial charge in [0, 0.05) is 38.6 Å². The van der Waals surface area contributed by atoms with Crippen LogP contribution in [0.5, 0.6) is 0 Å². The molecule has 4 heterocycles. The molecular weight excluding hydrogens is 328 g/mol. The van der Waals surface area contributed by atoms with Gasteiger partial charge in [-0.25, -0.2) is 4.98 Å². The molecule has 0 bridgehead atoms. The lowest BCUT2D eigenvalue weighted by Crippen LogP contribution is -2.42. The van der Waals surface area contributed by atoms with Gasteiger partial charge in [-0.2, -0.15) is 5.10 Å². The second-order valence-electron chi connectivity index (χ2n) is 8.00. The molecule has 0 aromatic carbocycles. The van der Waals surface area contributed by atoms with Crippen molar-refractivity contribution in [3.05, 3.63) is 36.0 Å². The van der Waals surface area contributed by atoms with Crippen LogP contribution in [-0.2, 0) is 24.4 Å².